The average molecular weight is 210 g/mol. The summed E-state index contributed by atoms with van der Waals surface area (Å²) in [5.74, 6) is 2.32. The lowest BCUT2D eigenvalue weighted by Crippen LogP contribution is -2.22. The van der Waals surface area contributed by atoms with Gasteiger partial charge in [-0.25, -0.2) is 0 Å². The fourth-order valence-electron chi connectivity index (χ4n) is 3.03. The summed E-state index contributed by atoms with van der Waals surface area (Å²) in [5.41, 5.74) is 0. The zero-order valence-corrected chi connectivity index (χ0v) is 10.1. The highest BCUT2D eigenvalue weighted by Gasteiger charge is 2.28. The molecule has 0 aliphatic heterocycles. The van der Waals surface area contributed by atoms with Crippen molar-refractivity contribution in [1.82, 2.24) is 0 Å². The summed E-state index contributed by atoms with van der Waals surface area (Å²) >= 11 is 0. The van der Waals surface area contributed by atoms with Crippen molar-refractivity contribution in [2.75, 3.05) is 0 Å². The molecule has 0 bridgehead atoms. The Morgan fingerprint density at radius 1 is 0.933 bits per heavy atom. The first-order valence-corrected chi connectivity index (χ1v) is 6.93. The van der Waals surface area contributed by atoms with E-state index in [4.69, 9.17) is 0 Å². The van der Waals surface area contributed by atoms with E-state index in [1.165, 1.54) is 51.4 Å². The SMILES string of the molecule is CC(CC1CCCCC1)[C@@H](O)CC1CC1. The third kappa shape index (κ3) is 3.79. The third-order valence-corrected chi connectivity index (χ3v) is 4.36. The van der Waals surface area contributed by atoms with Gasteiger partial charge in [0.15, 0.2) is 0 Å². The van der Waals surface area contributed by atoms with Crippen molar-refractivity contribution in [3.63, 3.8) is 0 Å². The standard InChI is InChI=1S/C14H26O/c1-11(14(15)10-13-7-8-13)9-12-5-3-2-4-6-12/h11-15H,2-10H2,1H3/t11?,14-/m0/s1. The molecule has 2 rings (SSSR count). The van der Waals surface area contributed by atoms with E-state index < -0.39 is 0 Å². The maximum atomic E-state index is 10.1. The first kappa shape index (κ1) is 11.4. The highest BCUT2D eigenvalue weighted by molar-refractivity contribution is 4.80. The van der Waals surface area contributed by atoms with E-state index in [9.17, 15) is 5.11 Å². The van der Waals surface area contributed by atoms with Crippen LogP contribution in [-0.2, 0) is 0 Å². The molecule has 1 N–H and O–H groups in total. The summed E-state index contributed by atoms with van der Waals surface area (Å²) in [5, 5.41) is 10.1. The maximum absolute atomic E-state index is 10.1. The molecule has 0 amide bonds. The Balaban J connectivity index is 1.66. The van der Waals surface area contributed by atoms with Crippen molar-refractivity contribution < 1.29 is 5.11 Å². The van der Waals surface area contributed by atoms with Gasteiger partial charge < -0.3 is 5.11 Å². The molecule has 0 heterocycles. The van der Waals surface area contributed by atoms with Gasteiger partial charge in [-0.2, -0.15) is 0 Å². The van der Waals surface area contributed by atoms with Gasteiger partial charge in [-0.15, -0.1) is 0 Å². The van der Waals surface area contributed by atoms with Crippen LogP contribution in [0.25, 0.3) is 0 Å². The summed E-state index contributed by atoms with van der Waals surface area (Å²) in [7, 11) is 0. The van der Waals surface area contributed by atoms with Crippen LogP contribution in [0.4, 0.5) is 0 Å². The van der Waals surface area contributed by atoms with Crippen LogP contribution in [0, 0.1) is 17.8 Å². The Hall–Kier alpha value is -0.0400. The molecule has 0 aromatic carbocycles. The molecule has 2 aliphatic carbocycles. The Morgan fingerprint density at radius 2 is 1.53 bits per heavy atom. The lowest BCUT2D eigenvalue weighted by molar-refractivity contribution is 0.0836. The number of aliphatic hydroxyl groups is 1. The molecule has 1 heteroatoms. The molecule has 0 spiro atoms. The van der Waals surface area contributed by atoms with Gasteiger partial charge in [0.2, 0.25) is 0 Å². The van der Waals surface area contributed by atoms with Crippen LogP contribution >= 0.6 is 0 Å². The minimum atomic E-state index is -0.0144. The topological polar surface area (TPSA) is 20.2 Å². The minimum Gasteiger partial charge on any atom is -0.393 e. The van der Waals surface area contributed by atoms with Gasteiger partial charge in [0.05, 0.1) is 6.10 Å². The second-order valence-electron chi connectivity index (χ2n) is 5.96. The highest BCUT2D eigenvalue weighted by Crippen LogP contribution is 2.37. The van der Waals surface area contributed by atoms with Gasteiger partial charge >= 0.3 is 0 Å². The van der Waals surface area contributed by atoms with E-state index >= 15 is 0 Å². The van der Waals surface area contributed by atoms with E-state index in [1.54, 1.807) is 0 Å². The van der Waals surface area contributed by atoms with Gasteiger partial charge in [0.25, 0.3) is 0 Å². The predicted molar refractivity (Wildman–Crippen MR) is 63.7 cm³/mol. The summed E-state index contributed by atoms with van der Waals surface area (Å²) in [6.45, 7) is 2.25. The Morgan fingerprint density at radius 3 is 2.13 bits per heavy atom. The normalized spacial score (nSPS) is 27.6. The van der Waals surface area contributed by atoms with Gasteiger partial charge in [-0.1, -0.05) is 51.9 Å². The second-order valence-corrected chi connectivity index (χ2v) is 5.96. The molecular formula is C14H26O. The average Bonchev–Trinajstić information content (AvgIpc) is 3.03. The summed E-state index contributed by atoms with van der Waals surface area (Å²) in [6, 6.07) is 0. The number of aliphatic hydroxyl groups excluding tert-OH is 1. The molecule has 1 nitrogen and oxygen atoms in total. The molecule has 0 aromatic rings. The largest absolute Gasteiger partial charge is 0.393 e. The Bertz CT molecular complexity index is 180. The fourth-order valence-corrected chi connectivity index (χ4v) is 3.03. The first-order valence-electron chi connectivity index (χ1n) is 6.93. The fraction of sp³-hybridized carbons (Fsp3) is 1.00. The maximum Gasteiger partial charge on any atom is 0.0568 e. The number of hydrogen-bond acceptors (Lipinski definition) is 1. The van der Waals surface area contributed by atoms with Crippen LogP contribution in [0.15, 0.2) is 0 Å². The number of hydrogen-bond donors (Lipinski definition) is 1. The molecule has 15 heavy (non-hydrogen) atoms. The van der Waals surface area contributed by atoms with Crippen LogP contribution < -0.4 is 0 Å². The van der Waals surface area contributed by atoms with Crippen LogP contribution in [0.5, 0.6) is 0 Å². The molecule has 2 fully saturated rings. The molecular weight excluding hydrogens is 184 g/mol. The molecule has 0 radical (unpaired) electrons. The van der Waals surface area contributed by atoms with E-state index in [0.717, 1.165) is 18.3 Å². The van der Waals surface area contributed by atoms with E-state index in [-0.39, 0.29) is 6.10 Å². The van der Waals surface area contributed by atoms with Gasteiger partial charge in [-0.3, -0.25) is 0 Å². The molecule has 0 saturated heterocycles. The van der Waals surface area contributed by atoms with Crippen molar-refractivity contribution in [2.24, 2.45) is 17.8 Å². The number of rotatable bonds is 5. The lowest BCUT2D eigenvalue weighted by Gasteiger charge is -2.27. The van der Waals surface area contributed by atoms with Crippen LogP contribution in [0.2, 0.25) is 0 Å². The van der Waals surface area contributed by atoms with Crippen molar-refractivity contribution in [1.29, 1.82) is 0 Å². The van der Waals surface area contributed by atoms with Crippen LogP contribution in [0.1, 0.15) is 64.7 Å². The predicted octanol–water partition coefficient (Wildman–Crippen LogP) is 3.75. The highest BCUT2D eigenvalue weighted by atomic mass is 16.3. The molecule has 0 aromatic heterocycles. The lowest BCUT2D eigenvalue weighted by atomic mass is 9.81. The van der Waals surface area contributed by atoms with E-state index in [1.807, 2.05) is 0 Å². The Labute approximate surface area is 94.3 Å². The quantitative estimate of drug-likeness (QED) is 0.732. The van der Waals surface area contributed by atoms with Crippen molar-refractivity contribution in [2.45, 2.75) is 70.8 Å². The van der Waals surface area contributed by atoms with E-state index in [0.29, 0.717) is 5.92 Å². The van der Waals surface area contributed by atoms with Crippen LogP contribution in [-0.4, -0.2) is 11.2 Å². The first-order chi connectivity index (χ1) is 7.25. The van der Waals surface area contributed by atoms with Crippen molar-refractivity contribution in [3.05, 3.63) is 0 Å². The molecule has 88 valence electrons. The van der Waals surface area contributed by atoms with Gasteiger partial charge in [0.1, 0.15) is 0 Å². The Kier molecular flexibility index (Phi) is 4.07. The van der Waals surface area contributed by atoms with E-state index in [2.05, 4.69) is 6.92 Å². The molecule has 2 saturated carbocycles. The second kappa shape index (κ2) is 5.34. The summed E-state index contributed by atoms with van der Waals surface area (Å²) in [6.07, 6.45) is 12.2. The molecule has 2 aliphatic rings. The third-order valence-electron chi connectivity index (χ3n) is 4.36. The van der Waals surface area contributed by atoms with Crippen molar-refractivity contribution in [3.8, 4) is 0 Å². The summed E-state index contributed by atoms with van der Waals surface area (Å²) in [4.78, 5) is 0. The van der Waals surface area contributed by atoms with Gasteiger partial charge in [-0.05, 0) is 30.6 Å². The zero-order chi connectivity index (χ0) is 10.7. The smallest absolute Gasteiger partial charge is 0.0568 e. The molecule has 2 atom stereocenters. The minimum absolute atomic E-state index is 0.0144. The van der Waals surface area contributed by atoms with Gasteiger partial charge in [0, 0.05) is 0 Å². The summed E-state index contributed by atoms with van der Waals surface area (Å²) < 4.78 is 0. The van der Waals surface area contributed by atoms with Crippen molar-refractivity contribution >= 4 is 0 Å². The monoisotopic (exact) mass is 210 g/mol. The van der Waals surface area contributed by atoms with Crippen LogP contribution in [0.3, 0.4) is 0 Å². The zero-order valence-electron chi connectivity index (χ0n) is 10.1. The molecule has 1 unspecified atom stereocenters.